The zero-order valence-electron chi connectivity index (χ0n) is 13.2. The van der Waals surface area contributed by atoms with Crippen LogP contribution in [0.4, 0.5) is 0 Å². The Balaban J connectivity index is 0. The molecule has 0 amide bonds. The van der Waals surface area contributed by atoms with Crippen LogP contribution >= 0.6 is 337 Å². The van der Waals surface area contributed by atoms with Crippen LogP contribution in [0.3, 0.4) is 0 Å². The molecule has 0 atom stereocenters. The first kappa shape index (κ1) is 520. The minimum atomic E-state index is 0. The van der Waals surface area contributed by atoms with Gasteiger partial charge in [-0.05, 0) is 0 Å². The highest BCUT2D eigenvalue weighted by Crippen LogP contribution is 0.672. The zero-order chi connectivity index (χ0) is 0. The molecule has 0 aliphatic rings. The summed E-state index contributed by atoms with van der Waals surface area (Å²) >= 11 is 0. The predicted octanol–water partition coefficient (Wildman–Crippen LogP) is 3.47. The average Bonchev–Trinajstić information content (AvgIpc) is 0. The van der Waals surface area contributed by atoms with Crippen molar-refractivity contribution in [3.05, 3.63) is 0 Å². The van der Waals surface area contributed by atoms with Gasteiger partial charge in [0, 0.05) is 2.85 Å². The molecule has 0 bridgehead atoms. The van der Waals surface area contributed by atoms with E-state index in [0.717, 1.165) is 0 Å². The second-order valence-electron chi connectivity index (χ2n) is 0. The Morgan fingerprint density at radius 1 is 0.115 bits per heavy atom. The summed E-state index contributed by atoms with van der Waals surface area (Å²) in [5.74, 6) is 0. The average molecular weight is 873 g/mol. The summed E-state index contributed by atoms with van der Waals surface area (Å²) in [5.41, 5.74) is 0. The summed E-state index contributed by atoms with van der Waals surface area (Å²) < 4.78 is 0. The Morgan fingerprint density at radius 3 is 0.115 bits per heavy atom. The van der Waals surface area contributed by atoms with Crippen molar-refractivity contribution in [3.63, 3.8) is 0 Å². The highest BCUT2D eigenvalue weighted by atomic mass is 32.1. The van der Waals surface area contributed by atoms with Gasteiger partial charge in [0.25, 0.3) is 0 Å². The Hall–Kier alpha value is 8.71. The van der Waals surface area contributed by atoms with E-state index >= 15 is 0 Å². The van der Waals surface area contributed by atoms with Gasteiger partial charge in [-0.25, -0.2) is 0 Å². The molecule has 0 spiro atoms. The van der Waals surface area contributed by atoms with E-state index in [9.17, 15) is 0 Å². The van der Waals surface area contributed by atoms with Gasteiger partial charge in [0.2, 0.25) is 0 Å². The number of hydrogen-bond acceptors (Lipinski definition) is 1. The first-order valence-electron chi connectivity index (χ1n) is 0. The smallest absolute Gasteiger partial charge is 0 e. The summed E-state index contributed by atoms with van der Waals surface area (Å²) in [7, 11) is 0. The molecule has 0 rings (SSSR count). The molecule has 212 valence electrons. The molecule has 0 aliphatic heterocycles. The fourth-order valence-electron chi connectivity index (χ4n) is 0. The van der Waals surface area contributed by atoms with Crippen molar-refractivity contribution < 1.29 is 2.85 Å². The molecule has 0 aromatic rings. The topological polar surface area (TPSA) is 35.0 Å². The van der Waals surface area contributed by atoms with Crippen LogP contribution in [0, 0.1) is 0 Å². The molecule has 0 radical (unpaired) electrons. The lowest BCUT2D eigenvalue weighted by atomic mass is 14.0. The summed E-state index contributed by atoms with van der Waals surface area (Å²) in [6.45, 7) is 0. The molecule has 0 saturated carbocycles. The minimum Gasteiger partial charge on any atom is -0.344 e. The van der Waals surface area contributed by atoms with Crippen LogP contribution in [0.2, 0.25) is 0 Å². The lowest BCUT2D eigenvalue weighted by Crippen LogP contribution is -0.481. The van der Waals surface area contributed by atoms with Crippen LogP contribution in [-0.2, 0) is 0 Å². The highest BCUT2D eigenvalue weighted by Gasteiger charge is -0.173. The molecule has 0 aliphatic carbocycles. The maximum Gasteiger partial charge on any atom is 0 e. The van der Waals surface area contributed by atoms with Crippen molar-refractivity contribution in [2.24, 2.45) is 0 Å². The third kappa shape index (κ3) is 434. The van der Waals surface area contributed by atoms with Crippen molar-refractivity contribution in [1.29, 1.82) is 0 Å². The summed E-state index contributed by atoms with van der Waals surface area (Å²) in [6, 6.07) is 0. The van der Waals surface area contributed by atoms with E-state index in [1.54, 1.807) is 0 Å². The maximum absolute atomic E-state index is 0. The van der Waals surface area contributed by atoms with Crippen LogP contribution < -0.4 is 6.15 Å². The molecular weight excluding hydrogens is 816 g/mol. The van der Waals surface area contributed by atoms with E-state index in [1.165, 1.54) is 0 Å². The molecule has 0 heterocycles. The van der Waals surface area contributed by atoms with Crippen LogP contribution in [0.25, 0.3) is 0 Å². The molecule has 0 unspecified atom stereocenters. The molecule has 3 N–H and O–H groups in total. The van der Waals surface area contributed by atoms with Crippen molar-refractivity contribution in [2.75, 3.05) is 0 Å². The van der Waals surface area contributed by atoms with Gasteiger partial charge in [-0.3, -0.25) is 0 Å². The van der Waals surface area contributed by atoms with E-state index in [1.807, 2.05) is 0 Å². The lowest BCUT2D eigenvalue weighted by Gasteiger charge is -0.344. The Labute approximate surface area is 340 Å². The van der Waals surface area contributed by atoms with Crippen molar-refractivity contribution in [1.82, 2.24) is 6.15 Å². The maximum atomic E-state index is 0. The molecule has 0 aromatic heterocycles. The SMILES string of the molecule is N.S.S.S.S.S.S.S.S.S.S.S.S.S.S.S.S.S.S.S.S.S.S.S.S.S.[HH].[HH]. The predicted molar refractivity (Wildman–Crippen MR) is 269 cm³/mol. The standard InChI is InChI=1S/H3N.25H2S.2H2/h1H3;25*1H2;2*1H. The van der Waals surface area contributed by atoms with Crippen LogP contribution in [0.5, 0.6) is 0 Å². The van der Waals surface area contributed by atoms with Crippen molar-refractivity contribution >= 4 is 337 Å². The summed E-state index contributed by atoms with van der Waals surface area (Å²) in [4.78, 5) is 0. The first-order valence-corrected chi connectivity index (χ1v) is 0. The molecule has 0 saturated heterocycles. The van der Waals surface area contributed by atoms with Crippen LogP contribution in [0.15, 0.2) is 0 Å². The Bertz CT molecular complexity index is 16.5. The second-order valence-corrected chi connectivity index (χ2v) is 0. The third-order valence-corrected chi connectivity index (χ3v) is 0. The quantitative estimate of drug-likeness (QED) is 0.399. The number of rotatable bonds is 0. The van der Waals surface area contributed by atoms with Gasteiger partial charge >= 0.3 is 0 Å². The van der Waals surface area contributed by atoms with E-state index in [4.69, 9.17) is 0 Å². The van der Waals surface area contributed by atoms with Gasteiger partial charge in [-0.15, -0.1) is 0 Å². The van der Waals surface area contributed by atoms with E-state index in [-0.39, 0.29) is 346 Å². The highest BCUT2D eigenvalue weighted by molar-refractivity contribution is 7.62. The van der Waals surface area contributed by atoms with Gasteiger partial charge in [0.05, 0.1) is 0 Å². The molecule has 26 heavy (non-hydrogen) atoms. The molecular formula is H57NS25. The first-order chi connectivity index (χ1) is 0. The number of hydrogen-bond donors (Lipinski definition) is 1. The van der Waals surface area contributed by atoms with Gasteiger partial charge < -0.3 is 6.15 Å². The Kier molecular flexibility index (Phi) is 9510. The lowest BCUT2D eigenvalue weighted by molar-refractivity contribution is 2.13. The summed E-state index contributed by atoms with van der Waals surface area (Å²) in [6.07, 6.45) is 0. The fraction of sp³-hybridized carbons (Fsp3) is 0. The van der Waals surface area contributed by atoms with E-state index < -0.39 is 0 Å². The van der Waals surface area contributed by atoms with Gasteiger partial charge in [-0.1, -0.05) is 0 Å². The normalized spacial score (nSPS) is 0. The zero-order valence-corrected chi connectivity index (χ0v) is 38.2. The van der Waals surface area contributed by atoms with Gasteiger partial charge in [0.15, 0.2) is 0 Å². The molecule has 26 heteroatoms. The van der Waals surface area contributed by atoms with Crippen LogP contribution in [-0.4, -0.2) is 0 Å². The van der Waals surface area contributed by atoms with E-state index in [2.05, 4.69) is 0 Å². The Morgan fingerprint density at radius 2 is 0.115 bits per heavy atom. The van der Waals surface area contributed by atoms with Gasteiger partial charge in [-0.2, -0.15) is 337 Å². The largest absolute Gasteiger partial charge is 0.344 e. The monoisotopic (exact) mass is 871 g/mol. The van der Waals surface area contributed by atoms with Gasteiger partial charge in [0.1, 0.15) is 0 Å². The van der Waals surface area contributed by atoms with Crippen LogP contribution in [0.1, 0.15) is 2.85 Å². The fourth-order valence-corrected chi connectivity index (χ4v) is 0. The van der Waals surface area contributed by atoms with E-state index in [0.29, 0.717) is 0 Å². The molecule has 0 fully saturated rings. The third-order valence-electron chi connectivity index (χ3n) is 0. The van der Waals surface area contributed by atoms with Crippen molar-refractivity contribution in [3.8, 4) is 0 Å². The molecule has 1 nitrogen and oxygen atoms in total. The summed E-state index contributed by atoms with van der Waals surface area (Å²) in [5, 5.41) is 0. The minimum absolute atomic E-state index is 0. The second kappa shape index (κ2) is 475. The molecule has 0 aromatic carbocycles. The van der Waals surface area contributed by atoms with Crippen molar-refractivity contribution in [2.45, 2.75) is 0 Å².